The SMILES string of the molecule is CCOC(=O)CCCCCN1CCCC(C)CC1. The fraction of sp³-hybridized carbons (Fsp3) is 0.933. The van der Waals surface area contributed by atoms with Gasteiger partial charge in [-0.2, -0.15) is 0 Å². The van der Waals surface area contributed by atoms with Crippen LogP contribution in [0, 0.1) is 5.92 Å². The minimum atomic E-state index is -0.0407. The Morgan fingerprint density at radius 2 is 2.06 bits per heavy atom. The number of carbonyl (C=O) groups excluding carboxylic acids is 1. The molecule has 0 saturated carbocycles. The van der Waals surface area contributed by atoms with Gasteiger partial charge >= 0.3 is 5.97 Å². The highest BCUT2D eigenvalue weighted by atomic mass is 16.5. The zero-order chi connectivity index (χ0) is 13.2. The van der Waals surface area contributed by atoms with E-state index in [1.165, 1.54) is 45.3 Å². The van der Waals surface area contributed by atoms with E-state index in [4.69, 9.17) is 4.74 Å². The van der Waals surface area contributed by atoms with Crippen LogP contribution in [0.15, 0.2) is 0 Å². The summed E-state index contributed by atoms with van der Waals surface area (Å²) in [5.74, 6) is 0.861. The van der Waals surface area contributed by atoms with Gasteiger partial charge in [-0.1, -0.05) is 13.3 Å². The maximum atomic E-state index is 11.2. The van der Waals surface area contributed by atoms with Crippen LogP contribution in [0.1, 0.15) is 58.8 Å². The second kappa shape index (κ2) is 9.37. The Labute approximate surface area is 112 Å². The van der Waals surface area contributed by atoms with E-state index in [-0.39, 0.29) is 5.97 Å². The first-order chi connectivity index (χ1) is 8.72. The van der Waals surface area contributed by atoms with Crippen molar-refractivity contribution in [3.05, 3.63) is 0 Å². The maximum Gasteiger partial charge on any atom is 0.305 e. The topological polar surface area (TPSA) is 29.5 Å². The van der Waals surface area contributed by atoms with Crippen molar-refractivity contribution in [1.29, 1.82) is 0 Å². The highest BCUT2D eigenvalue weighted by Gasteiger charge is 2.12. The molecule has 3 nitrogen and oxygen atoms in total. The van der Waals surface area contributed by atoms with E-state index >= 15 is 0 Å². The molecule has 1 unspecified atom stereocenters. The molecule has 0 spiro atoms. The lowest BCUT2D eigenvalue weighted by molar-refractivity contribution is -0.143. The molecule has 1 saturated heterocycles. The molecular weight excluding hydrogens is 226 g/mol. The molecule has 0 aliphatic carbocycles. The van der Waals surface area contributed by atoms with E-state index < -0.39 is 0 Å². The Kier molecular flexibility index (Phi) is 8.06. The van der Waals surface area contributed by atoms with Gasteiger partial charge in [0.25, 0.3) is 0 Å². The van der Waals surface area contributed by atoms with Gasteiger partial charge in [-0.25, -0.2) is 0 Å². The zero-order valence-electron chi connectivity index (χ0n) is 12.1. The maximum absolute atomic E-state index is 11.2. The summed E-state index contributed by atoms with van der Waals surface area (Å²) in [5, 5.41) is 0. The first-order valence-electron chi connectivity index (χ1n) is 7.60. The van der Waals surface area contributed by atoms with Gasteiger partial charge in [0.15, 0.2) is 0 Å². The highest BCUT2D eigenvalue weighted by molar-refractivity contribution is 5.69. The second-order valence-electron chi connectivity index (χ2n) is 5.49. The normalized spacial score (nSPS) is 21.6. The third-order valence-electron chi connectivity index (χ3n) is 3.77. The van der Waals surface area contributed by atoms with Crippen molar-refractivity contribution in [3.8, 4) is 0 Å². The summed E-state index contributed by atoms with van der Waals surface area (Å²) in [6.07, 6.45) is 8.01. The van der Waals surface area contributed by atoms with Gasteiger partial charge in [0.1, 0.15) is 0 Å². The van der Waals surface area contributed by atoms with Crippen LogP contribution in [0.25, 0.3) is 0 Å². The third-order valence-corrected chi connectivity index (χ3v) is 3.77. The van der Waals surface area contributed by atoms with Gasteiger partial charge < -0.3 is 9.64 Å². The van der Waals surface area contributed by atoms with Crippen LogP contribution in [-0.4, -0.2) is 37.1 Å². The van der Waals surface area contributed by atoms with Gasteiger partial charge in [-0.3, -0.25) is 4.79 Å². The minimum Gasteiger partial charge on any atom is -0.466 e. The Hall–Kier alpha value is -0.570. The van der Waals surface area contributed by atoms with Crippen LogP contribution in [-0.2, 0) is 9.53 Å². The van der Waals surface area contributed by atoms with Crippen molar-refractivity contribution in [2.75, 3.05) is 26.2 Å². The summed E-state index contributed by atoms with van der Waals surface area (Å²) < 4.78 is 4.92. The van der Waals surface area contributed by atoms with Crippen LogP contribution in [0.4, 0.5) is 0 Å². The molecule has 1 rings (SSSR count). The molecule has 0 aromatic carbocycles. The third kappa shape index (κ3) is 7.00. The summed E-state index contributed by atoms with van der Waals surface area (Å²) in [6.45, 7) is 8.46. The molecule has 3 heteroatoms. The van der Waals surface area contributed by atoms with Gasteiger partial charge in [0, 0.05) is 6.42 Å². The molecule has 0 bridgehead atoms. The summed E-state index contributed by atoms with van der Waals surface area (Å²) in [6, 6.07) is 0. The van der Waals surface area contributed by atoms with E-state index in [1.54, 1.807) is 0 Å². The monoisotopic (exact) mass is 255 g/mol. The summed E-state index contributed by atoms with van der Waals surface area (Å²) in [7, 11) is 0. The van der Waals surface area contributed by atoms with Gasteiger partial charge in [0.2, 0.25) is 0 Å². The summed E-state index contributed by atoms with van der Waals surface area (Å²) >= 11 is 0. The fourth-order valence-corrected chi connectivity index (χ4v) is 2.56. The van der Waals surface area contributed by atoms with E-state index in [0.717, 1.165) is 18.8 Å². The molecule has 0 aromatic rings. The smallest absolute Gasteiger partial charge is 0.305 e. The van der Waals surface area contributed by atoms with Crippen molar-refractivity contribution >= 4 is 5.97 Å². The Morgan fingerprint density at radius 1 is 1.22 bits per heavy atom. The lowest BCUT2D eigenvalue weighted by atomic mass is 10.0. The molecule has 1 heterocycles. The first kappa shape index (κ1) is 15.5. The molecule has 18 heavy (non-hydrogen) atoms. The first-order valence-corrected chi connectivity index (χ1v) is 7.60. The largest absolute Gasteiger partial charge is 0.466 e. The van der Waals surface area contributed by atoms with Crippen LogP contribution in [0.5, 0.6) is 0 Å². The van der Waals surface area contributed by atoms with E-state index in [9.17, 15) is 4.79 Å². The number of rotatable bonds is 7. The van der Waals surface area contributed by atoms with Crippen LogP contribution in [0.2, 0.25) is 0 Å². The van der Waals surface area contributed by atoms with Crippen molar-refractivity contribution in [1.82, 2.24) is 4.90 Å². The molecule has 0 aromatic heterocycles. The Morgan fingerprint density at radius 3 is 2.83 bits per heavy atom. The number of carbonyl (C=O) groups is 1. The van der Waals surface area contributed by atoms with Crippen molar-refractivity contribution in [3.63, 3.8) is 0 Å². The van der Waals surface area contributed by atoms with Crippen LogP contribution in [0.3, 0.4) is 0 Å². The predicted octanol–water partition coefficient (Wildman–Crippen LogP) is 3.23. The fourth-order valence-electron chi connectivity index (χ4n) is 2.56. The molecular formula is C15H29NO2. The molecule has 0 N–H and O–H groups in total. The number of esters is 1. The number of ether oxygens (including phenoxy) is 1. The molecule has 0 radical (unpaired) electrons. The molecule has 1 atom stereocenters. The number of unbranched alkanes of at least 4 members (excludes halogenated alkanes) is 2. The molecule has 1 aliphatic rings. The average Bonchev–Trinajstić information content (AvgIpc) is 2.54. The van der Waals surface area contributed by atoms with Crippen molar-refractivity contribution < 1.29 is 9.53 Å². The molecule has 1 aliphatic heterocycles. The van der Waals surface area contributed by atoms with Crippen molar-refractivity contribution in [2.24, 2.45) is 5.92 Å². The van der Waals surface area contributed by atoms with Gasteiger partial charge in [-0.15, -0.1) is 0 Å². The van der Waals surface area contributed by atoms with Crippen LogP contribution < -0.4 is 0 Å². The quantitative estimate of drug-likeness (QED) is 0.517. The van der Waals surface area contributed by atoms with Gasteiger partial charge in [-0.05, 0) is 64.6 Å². The molecule has 1 fully saturated rings. The lowest BCUT2D eigenvalue weighted by Gasteiger charge is -2.19. The van der Waals surface area contributed by atoms with E-state index in [0.29, 0.717) is 13.0 Å². The number of likely N-dealkylation sites (tertiary alicyclic amines) is 1. The van der Waals surface area contributed by atoms with Crippen molar-refractivity contribution in [2.45, 2.75) is 58.8 Å². The molecule has 106 valence electrons. The second-order valence-corrected chi connectivity index (χ2v) is 5.49. The lowest BCUT2D eigenvalue weighted by Crippen LogP contribution is -2.25. The number of hydrogen-bond acceptors (Lipinski definition) is 3. The number of nitrogens with zero attached hydrogens (tertiary/aromatic N) is 1. The summed E-state index contributed by atoms with van der Waals surface area (Å²) in [5.41, 5.74) is 0. The highest BCUT2D eigenvalue weighted by Crippen LogP contribution is 2.16. The number of hydrogen-bond donors (Lipinski definition) is 0. The van der Waals surface area contributed by atoms with E-state index in [1.807, 2.05) is 6.92 Å². The Balaban J connectivity index is 1.98. The van der Waals surface area contributed by atoms with Crippen LogP contribution >= 0.6 is 0 Å². The molecule has 0 amide bonds. The standard InChI is InChI=1S/C15H29NO2/c1-3-18-15(17)9-5-4-6-11-16-12-7-8-14(2)10-13-16/h14H,3-13H2,1-2H3. The van der Waals surface area contributed by atoms with E-state index in [2.05, 4.69) is 11.8 Å². The van der Waals surface area contributed by atoms with Gasteiger partial charge in [0.05, 0.1) is 6.61 Å². The Bertz CT molecular complexity index is 231. The minimum absolute atomic E-state index is 0.0407. The predicted molar refractivity (Wildman–Crippen MR) is 74.6 cm³/mol. The zero-order valence-corrected chi connectivity index (χ0v) is 12.1. The summed E-state index contributed by atoms with van der Waals surface area (Å²) in [4.78, 5) is 13.7. The average molecular weight is 255 g/mol.